The molecule has 0 aliphatic rings. The topological polar surface area (TPSA) is 12.0 Å². The molecule has 0 heterocycles. The first-order valence-corrected chi connectivity index (χ1v) is 6.97. The highest BCUT2D eigenvalue weighted by Gasteiger charge is 2.12. The molecule has 0 bridgehead atoms. The molecule has 0 saturated carbocycles. The molecule has 1 atom stereocenters. The first-order chi connectivity index (χ1) is 9.36. The molecule has 0 aliphatic heterocycles. The highest BCUT2D eigenvalue weighted by Crippen LogP contribution is 2.26. The van der Waals surface area contributed by atoms with Gasteiger partial charge in [0.2, 0.25) is 0 Å². The van der Waals surface area contributed by atoms with E-state index in [1.54, 1.807) is 0 Å². The van der Waals surface area contributed by atoms with Crippen LogP contribution in [0.3, 0.4) is 0 Å². The van der Waals surface area contributed by atoms with Crippen molar-refractivity contribution in [3.8, 4) is 11.8 Å². The molecule has 19 heavy (non-hydrogen) atoms. The zero-order valence-electron chi connectivity index (χ0n) is 11.7. The summed E-state index contributed by atoms with van der Waals surface area (Å²) >= 11 is 0. The Labute approximate surface area is 116 Å². The molecule has 0 amide bonds. The van der Waals surface area contributed by atoms with E-state index in [-0.39, 0.29) is 0 Å². The van der Waals surface area contributed by atoms with E-state index in [4.69, 9.17) is 0 Å². The standard InChI is InChI=1S/C18H21N/c1-3-5-6-14-18(19-4-2)17-13-9-11-15-10-7-8-12-16(15)17/h7-13,18-19H,4,6,14H2,1-2H3. The normalized spacial score (nSPS) is 11.9. The fraction of sp³-hybridized carbons (Fsp3) is 0.333. The van der Waals surface area contributed by atoms with Crippen LogP contribution in [0.5, 0.6) is 0 Å². The molecule has 1 heteroatoms. The van der Waals surface area contributed by atoms with Crippen LogP contribution in [0, 0.1) is 11.8 Å². The van der Waals surface area contributed by atoms with E-state index in [9.17, 15) is 0 Å². The van der Waals surface area contributed by atoms with Gasteiger partial charge in [-0.25, -0.2) is 0 Å². The Bertz CT molecular complexity index is 584. The maximum atomic E-state index is 3.58. The van der Waals surface area contributed by atoms with E-state index in [2.05, 4.69) is 66.5 Å². The predicted molar refractivity (Wildman–Crippen MR) is 83.0 cm³/mol. The minimum atomic E-state index is 0.386. The number of hydrogen-bond donors (Lipinski definition) is 1. The Morgan fingerprint density at radius 1 is 1.11 bits per heavy atom. The van der Waals surface area contributed by atoms with Crippen molar-refractivity contribution in [3.05, 3.63) is 48.0 Å². The minimum absolute atomic E-state index is 0.386. The predicted octanol–water partition coefficient (Wildman–Crippen LogP) is 4.29. The number of benzene rings is 2. The summed E-state index contributed by atoms with van der Waals surface area (Å²) in [6.07, 6.45) is 2.00. The number of nitrogens with one attached hydrogen (secondary N) is 1. The van der Waals surface area contributed by atoms with Gasteiger partial charge in [0.25, 0.3) is 0 Å². The van der Waals surface area contributed by atoms with Gasteiger partial charge in [-0.3, -0.25) is 0 Å². The molecule has 0 aliphatic carbocycles. The van der Waals surface area contributed by atoms with Crippen molar-refractivity contribution in [1.82, 2.24) is 5.32 Å². The van der Waals surface area contributed by atoms with Gasteiger partial charge in [-0.1, -0.05) is 49.4 Å². The smallest absolute Gasteiger partial charge is 0.0335 e. The van der Waals surface area contributed by atoms with Gasteiger partial charge in [-0.05, 0) is 36.2 Å². The SMILES string of the molecule is CC#CCCC(NCC)c1cccc2ccccc12. The van der Waals surface area contributed by atoms with Gasteiger partial charge < -0.3 is 5.32 Å². The van der Waals surface area contributed by atoms with Gasteiger partial charge in [0.1, 0.15) is 0 Å². The van der Waals surface area contributed by atoms with Gasteiger partial charge in [-0.15, -0.1) is 11.8 Å². The highest BCUT2D eigenvalue weighted by molar-refractivity contribution is 5.86. The van der Waals surface area contributed by atoms with Crippen molar-refractivity contribution < 1.29 is 0 Å². The van der Waals surface area contributed by atoms with Crippen LogP contribution in [0.15, 0.2) is 42.5 Å². The largest absolute Gasteiger partial charge is 0.310 e. The van der Waals surface area contributed by atoms with Gasteiger partial charge in [0, 0.05) is 12.5 Å². The number of hydrogen-bond acceptors (Lipinski definition) is 1. The molecule has 2 aromatic carbocycles. The second kappa shape index (κ2) is 6.97. The molecular formula is C18H21N. The second-order valence-corrected chi connectivity index (χ2v) is 4.64. The van der Waals surface area contributed by atoms with Crippen LogP contribution in [-0.4, -0.2) is 6.54 Å². The summed E-state index contributed by atoms with van der Waals surface area (Å²) in [7, 11) is 0. The first-order valence-electron chi connectivity index (χ1n) is 6.97. The lowest BCUT2D eigenvalue weighted by molar-refractivity contribution is 0.526. The summed E-state index contributed by atoms with van der Waals surface area (Å²) in [5.41, 5.74) is 1.39. The van der Waals surface area contributed by atoms with Gasteiger partial charge in [-0.2, -0.15) is 0 Å². The molecule has 1 unspecified atom stereocenters. The molecule has 1 nitrogen and oxygen atoms in total. The molecule has 2 aromatic rings. The lowest BCUT2D eigenvalue weighted by Gasteiger charge is -2.19. The van der Waals surface area contributed by atoms with Crippen molar-refractivity contribution in [2.75, 3.05) is 6.54 Å². The van der Waals surface area contributed by atoms with Crippen LogP contribution in [0.1, 0.15) is 38.3 Å². The monoisotopic (exact) mass is 251 g/mol. The molecule has 0 spiro atoms. The summed E-state index contributed by atoms with van der Waals surface area (Å²) in [6, 6.07) is 15.5. The Kier molecular flexibility index (Phi) is 5.01. The molecule has 0 fully saturated rings. The van der Waals surface area contributed by atoms with Crippen molar-refractivity contribution in [3.63, 3.8) is 0 Å². The number of rotatable bonds is 5. The number of fused-ring (bicyclic) bond motifs is 1. The third-order valence-electron chi connectivity index (χ3n) is 3.38. The summed E-state index contributed by atoms with van der Waals surface area (Å²) in [4.78, 5) is 0. The van der Waals surface area contributed by atoms with E-state index >= 15 is 0 Å². The van der Waals surface area contributed by atoms with Crippen LogP contribution in [-0.2, 0) is 0 Å². The summed E-state index contributed by atoms with van der Waals surface area (Å²) in [5.74, 6) is 6.14. The van der Waals surface area contributed by atoms with Crippen LogP contribution in [0.4, 0.5) is 0 Å². The molecule has 0 radical (unpaired) electrons. The average molecular weight is 251 g/mol. The lowest BCUT2D eigenvalue weighted by Crippen LogP contribution is -2.21. The van der Waals surface area contributed by atoms with Crippen LogP contribution in [0.2, 0.25) is 0 Å². The Morgan fingerprint density at radius 3 is 2.68 bits per heavy atom. The molecule has 98 valence electrons. The summed E-state index contributed by atoms with van der Waals surface area (Å²) < 4.78 is 0. The maximum absolute atomic E-state index is 3.58. The van der Waals surface area contributed by atoms with E-state index in [1.165, 1.54) is 16.3 Å². The molecule has 0 aromatic heterocycles. The fourth-order valence-electron chi connectivity index (χ4n) is 2.51. The van der Waals surface area contributed by atoms with Gasteiger partial charge in [0.05, 0.1) is 0 Å². The quantitative estimate of drug-likeness (QED) is 0.781. The Balaban J connectivity index is 2.34. The van der Waals surface area contributed by atoms with Crippen molar-refractivity contribution in [1.29, 1.82) is 0 Å². The van der Waals surface area contributed by atoms with E-state index < -0.39 is 0 Å². The van der Waals surface area contributed by atoms with Gasteiger partial charge >= 0.3 is 0 Å². The molecule has 0 saturated heterocycles. The van der Waals surface area contributed by atoms with Crippen LogP contribution in [0.25, 0.3) is 10.8 Å². The highest BCUT2D eigenvalue weighted by atomic mass is 14.9. The minimum Gasteiger partial charge on any atom is -0.310 e. The summed E-state index contributed by atoms with van der Waals surface area (Å²) in [5, 5.41) is 6.24. The molecule has 1 N–H and O–H groups in total. The molecule has 2 rings (SSSR count). The fourth-order valence-corrected chi connectivity index (χ4v) is 2.51. The zero-order chi connectivity index (χ0) is 13.5. The first kappa shape index (κ1) is 13.6. The lowest BCUT2D eigenvalue weighted by atomic mass is 9.96. The van der Waals surface area contributed by atoms with Crippen molar-refractivity contribution >= 4 is 10.8 Å². The van der Waals surface area contributed by atoms with Crippen molar-refractivity contribution in [2.45, 2.75) is 32.7 Å². The van der Waals surface area contributed by atoms with Gasteiger partial charge in [0.15, 0.2) is 0 Å². The summed E-state index contributed by atoms with van der Waals surface area (Å²) in [6.45, 7) is 5.04. The van der Waals surface area contributed by atoms with E-state index in [0.717, 1.165) is 19.4 Å². The molecular weight excluding hydrogens is 230 g/mol. The third kappa shape index (κ3) is 3.36. The van der Waals surface area contributed by atoms with E-state index in [0.29, 0.717) is 6.04 Å². The van der Waals surface area contributed by atoms with Crippen LogP contribution >= 0.6 is 0 Å². The average Bonchev–Trinajstić information content (AvgIpc) is 2.46. The maximum Gasteiger partial charge on any atom is 0.0335 e. The van der Waals surface area contributed by atoms with Crippen LogP contribution < -0.4 is 5.32 Å². The third-order valence-corrected chi connectivity index (χ3v) is 3.38. The second-order valence-electron chi connectivity index (χ2n) is 4.64. The van der Waals surface area contributed by atoms with E-state index in [1.807, 2.05) is 6.92 Å². The Hall–Kier alpha value is -1.78. The van der Waals surface area contributed by atoms with Crippen molar-refractivity contribution in [2.24, 2.45) is 0 Å². The Morgan fingerprint density at radius 2 is 1.89 bits per heavy atom. The zero-order valence-corrected chi connectivity index (χ0v) is 11.7.